The van der Waals surface area contributed by atoms with Gasteiger partial charge in [0.05, 0.1) is 5.88 Å². The molecule has 4 heteroatoms. The average Bonchev–Trinajstić information content (AvgIpc) is 2.09. The molecule has 0 aromatic heterocycles. The van der Waals surface area contributed by atoms with Crippen LogP contribution in [0.15, 0.2) is 18.2 Å². The van der Waals surface area contributed by atoms with Gasteiger partial charge < -0.3 is 0 Å². The number of Topliss-reactive ketones (excluding diaryl/α,β-unsaturated/α-hetero) is 1. The van der Waals surface area contributed by atoms with Gasteiger partial charge in [-0.25, -0.2) is 0 Å². The molecule has 0 spiro atoms. The lowest BCUT2D eigenvalue weighted by Crippen LogP contribution is -2.05. The normalized spacial score (nSPS) is 10.1. The molecule has 0 heterocycles. The van der Waals surface area contributed by atoms with E-state index < -0.39 is 0 Å². The molecule has 1 rings (SSSR count). The van der Waals surface area contributed by atoms with Crippen molar-refractivity contribution in [2.75, 3.05) is 5.88 Å². The van der Waals surface area contributed by atoms with Crippen LogP contribution in [-0.4, -0.2) is 11.7 Å². The summed E-state index contributed by atoms with van der Waals surface area (Å²) in [5.41, 5.74) is 1.06. The van der Waals surface area contributed by atoms with Crippen LogP contribution in [0.5, 0.6) is 0 Å². The Morgan fingerprint density at radius 3 is 2.62 bits per heavy atom. The molecular weight excluding hydrogens is 413 g/mol. The quantitative estimate of drug-likeness (QED) is 0.542. The van der Waals surface area contributed by atoms with Crippen LogP contribution in [-0.2, 0) is 11.2 Å². The van der Waals surface area contributed by atoms with E-state index in [1.165, 1.54) is 3.57 Å². The van der Waals surface area contributed by atoms with Crippen molar-refractivity contribution in [1.82, 2.24) is 0 Å². The van der Waals surface area contributed by atoms with Gasteiger partial charge in [-0.15, -0.1) is 11.6 Å². The summed E-state index contributed by atoms with van der Waals surface area (Å²) in [6.07, 6.45) is 0.443. The minimum Gasteiger partial charge on any atom is -0.298 e. The van der Waals surface area contributed by atoms with Crippen LogP contribution in [0, 0.1) is 7.14 Å². The maximum atomic E-state index is 11.1. The maximum absolute atomic E-state index is 11.1. The number of rotatable bonds is 3. The number of halogens is 3. The van der Waals surface area contributed by atoms with E-state index in [2.05, 4.69) is 51.2 Å². The monoisotopic (exact) mass is 420 g/mol. The summed E-state index contributed by atoms with van der Waals surface area (Å²) in [5, 5.41) is 0. The van der Waals surface area contributed by atoms with Crippen molar-refractivity contribution < 1.29 is 4.79 Å². The van der Waals surface area contributed by atoms with Gasteiger partial charge in [0, 0.05) is 13.6 Å². The molecule has 0 aliphatic rings. The highest BCUT2D eigenvalue weighted by Gasteiger charge is 2.05. The van der Waals surface area contributed by atoms with E-state index in [4.69, 9.17) is 11.6 Å². The average molecular weight is 420 g/mol. The second kappa shape index (κ2) is 5.50. The van der Waals surface area contributed by atoms with E-state index in [1.54, 1.807) is 0 Å². The van der Waals surface area contributed by atoms with Gasteiger partial charge in [-0.3, -0.25) is 4.79 Å². The molecule has 0 aliphatic heterocycles. The lowest BCUT2D eigenvalue weighted by molar-refractivity contribution is -0.116. The summed E-state index contributed by atoms with van der Waals surface area (Å²) in [6.45, 7) is 0. The van der Waals surface area contributed by atoms with Gasteiger partial charge in [0.2, 0.25) is 0 Å². The Bertz CT molecular complexity index is 325. The molecule has 0 radical (unpaired) electrons. The van der Waals surface area contributed by atoms with Crippen LogP contribution in [0.1, 0.15) is 5.56 Å². The number of carbonyl (C=O) groups is 1. The molecule has 1 nitrogen and oxygen atoms in total. The summed E-state index contributed by atoms with van der Waals surface area (Å²) >= 11 is 9.92. The molecule has 70 valence electrons. The van der Waals surface area contributed by atoms with Gasteiger partial charge in [0.1, 0.15) is 0 Å². The number of ketones is 1. The standard InChI is InChI=1S/C9H7ClI2O/c10-5-8(13)3-6-1-2-7(11)4-9(6)12/h1-2,4H,3,5H2. The number of hydrogen-bond acceptors (Lipinski definition) is 1. The predicted molar refractivity (Wildman–Crippen MR) is 71.3 cm³/mol. The third kappa shape index (κ3) is 3.71. The smallest absolute Gasteiger partial charge is 0.151 e. The van der Waals surface area contributed by atoms with Gasteiger partial charge in [-0.2, -0.15) is 0 Å². The SMILES string of the molecule is O=C(CCl)Cc1ccc(I)cc1I. The van der Waals surface area contributed by atoms with E-state index in [0.29, 0.717) is 6.42 Å². The maximum Gasteiger partial charge on any atom is 0.151 e. The highest BCUT2D eigenvalue weighted by Crippen LogP contribution is 2.16. The largest absolute Gasteiger partial charge is 0.298 e. The predicted octanol–water partition coefficient (Wildman–Crippen LogP) is 3.25. The van der Waals surface area contributed by atoms with E-state index >= 15 is 0 Å². The van der Waals surface area contributed by atoms with Crippen LogP contribution in [0.25, 0.3) is 0 Å². The van der Waals surface area contributed by atoms with Crippen molar-refractivity contribution in [2.24, 2.45) is 0 Å². The van der Waals surface area contributed by atoms with E-state index in [9.17, 15) is 4.79 Å². The molecule has 1 aromatic carbocycles. The minimum atomic E-state index is 0.0702. The molecule has 0 saturated heterocycles. The molecule has 0 fully saturated rings. The third-order valence-electron chi connectivity index (χ3n) is 1.55. The van der Waals surface area contributed by atoms with Crippen LogP contribution in [0.3, 0.4) is 0 Å². The molecular formula is C9H7ClI2O. The van der Waals surface area contributed by atoms with Gasteiger partial charge >= 0.3 is 0 Å². The lowest BCUT2D eigenvalue weighted by Gasteiger charge is -2.02. The molecule has 0 N–H and O–H groups in total. The highest BCUT2D eigenvalue weighted by molar-refractivity contribution is 14.1. The first-order valence-corrected chi connectivity index (χ1v) is 6.34. The summed E-state index contributed by atoms with van der Waals surface area (Å²) in [7, 11) is 0. The number of benzene rings is 1. The van der Waals surface area contributed by atoms with E-state index in [1.807, 2.05) is 12.1 Å². The lowest BCUT2D eigenvalue weighted by atomic mass is 10.1. The number of hydrogen-bond donors (Lipinski definition) is 0. The summed E-state index contributed by atoms with van der Waals surface area (Å²) in [6, 6.07) is 6.03. The molecule has 1 aromatic rings. The fourth-order valence-corrected chi connectivity index (χ4v) is 2.81. The van der Waals surface area contributed by atoms with Crippen molar-refractivity contribution in [3.8, 4) is 0 Å². The Morgan fingerprint density at radius 2 is 2.08 bits per heavy atom. The molecule has 13 heavy (non-hydrogen) atoms. The topological polar surface area (TPSA) is 17.1 Å². The number of carbonyl (C=O) groups excluding carboxylic acids is 1. The van der Waals surface area contributed by atoms with Crippen LogP contribution in [0.4, 0.5) is 0 Å². The molecule has 0 bridgehead atoms. The Balaban J connectivity index is 2.83. The first-order valence-electron chi connectivity index (χ1n) is 3.65. The molecule has 0 amide bonds. The Hall–Kier alpha value is 0.640. The van der Waals surface area contributed by atoms with Crippen molar-refractivity contribution >= 4 is 62.6 Å². The van der Waals surface area contributed by atoms with Crippen LogP contribution >= 0.6 is 56.8 Å². The Morgan fingerprint density at radius 1 is 1.38 bits per heavy atom. The summed E-state index contributed by atoms with van der Waals surface area (Å²) in [5.74, 6) is 0.169. The molecule has 0 saturated carbocycles. The van der Waals surface area contributed by atoms with Crippen LogP contribution in [0.2, 0.25) is 0 Å². The first kappa shape index (κ1) is 11.7. The third-order valence-corrected chi connectivity index (χ3v) is 3.53. The molecule has 0 unspecified atom stereocenters. The first-order chi connectivity index (χ1) is 6.13. The molecule has 0 atom stereocenters. The van der Waals surface area contributed by atoms with Gasteiger partial charge in [-0.05, 0) is 62.9 Å². The number of alkyl halides is 1. The summed E-state index contributed by atoms with van der Waals surface area (Å²) < 4.78 is 2.31. The van der Waals surface area contributed by atoms with E-state index in [-0.39, 0.29) is 11.7 Å². The van der Waals surface area contributed by atoms with Gasteiger partial charge in [0.25, 0.3) is 0 Å². The second-order valence-corrected chi connectivity index (χ2v) is 5.26. The van der Waals surface area contributed by atoms with Gasteiger partial charge in [0.15, 0.2) is 5.78 Å². The summed E-state index contributed by atoms with van der Waals surface area (Å²) in [4.78, 5) is 11.1. The Labute approximate surface area is 110 Å². The minimum absolute atomic E-state index is 0.0702. The van der Waals surface area contributed by atoms with E-state index in [0.717, 1.165) is 9.13 Å². The van der Waals surface area contributed by atoms with Crippen molar-refractivity contribution in [3.05, 3.63) is 30.9 Å². The zero-order valence-electron chi connectivity index (χ0n) is 6.69. The molecule has 0 aliphatic carbocycles. The highest BCUT2D eigenvalue weighted by atomic mass is 127. The van der Waals surface area contributed by atoms with Crippen molar-refractivity contribution in [1.29, 1.82) is 0 Å². The van der Waals surface area contributed by atoms with Crippen molar-refractivity contribution in [2.45, 2.75) is 6.42 Å². The van der Waals surface area contributed by atoms with Crippen LogP contribution < -0.4 is 0 Å². The second-order valence-electron chi connectivity index (χ2n) is 2.58. The zero-order valence-corrected chi connectivity index (χ0v) is 11.8. The fraction of sp³-hybridized carbons (Fsp3) is 0.222. The fourth-order valence-electron chi connectivity index (χ4n) is 0.925. The zero-order chi connectivity index (χ0) is 9.84. The van der Waals surface area contributed by atoms with Gasteiger partial charge in [-0.1, -0.05) is 6.07 Å². The van der Waals surface area contributed by atoms with Crippen molar-refractivity contribution in [3.63, 3.8) is 0 Å². The Kier molecular flexibility index (Phi) is 4.96.